The third-order valence-corrected chi connectivity index (χ3v) is 9.32. The van der Waals surface area contributed by atoms with Gasteiger partial charge in [0.05, 0.1) is 6.61 Å². The summed E-state index contributed by atoms with van der Waals surface area (Å²) in [7, 11) is -3.91. The fourth-order valence-corrected chi connectivity index (χ4v) is 9.94. The highest BCUT2D eigenvalue weighted by Crippen LogP contribution is 2.20. The number of hydrogen-bond acceptors (Lipinski definition) is 6. The van der Waals surface area contributed by atoms with Crippen molar-refractivity contribution in [2.24, 2.45) is 0 Å². The van der Waals surface area contributed by atoms with E-state index < -0.39 is 28.6 Å². The van der Waals surface area contributed by atoms with Gasteiger partial charge in [-0.2, -0.15) is 0 Å². The van der Waals surface area contributed by atoms with Crippen LogP contribution in [0.4, 0.5) is 0 Å². The van der Waals surface area contributed by atoms with Gasteiger partial charge in [0.1, 0.15) is 12.3 Å². The minimum absolute atomic E-state index is 0.121. The van der Waals surface area contributed by atoms with Gasteiger partial charge in [-0.05, 0) is 46.1 Å². The molecular formula is C16H32O6Si2. The fourth-order valence-electron chi connectivity index (χ4n) is 2.10. The molecule has 0 rings (SSSR count). The van der Waals surface area contributed by atoms with Crippen molar-refractivity contribution in [1.82, 2.24) is 0 Å². The zero-order chi connectivity index (χ0) is 18.8. The van der Waals surface area contributed by atoms with Gasteiger partial charge in [0, 0.05) is 18.8 Å². The van der Waals surface area contributed by atoms with E-state index in [-0.39, 0.29) is 18.9 Å². The van der Waals surface area contributed by atoms with E-state index in [1.165, 1.54) is 0 Å². The third-order valence-electron chi connectivity index (χ3n) is 2.89. The maximum absolute atomic E-state index is 11.8. The Labute approximate surface area is 147 Å². The van der Waals surface area contributed by atoms with Crippen LogP contribution in [0.25, 0.3) is 0 Å². The maximum atomic E-state index is 11.8. The predicted octanol–water partition coefficient (Wildman–Crippen LogP) is 3.04. The summed E-state index contributed by atoms with van der Waals surface area (Å²) in [6.45, 7) is 15.2. The normalized spacial score (nSPS) is 13.8. The Morgan fingerprint density at radius 2 is 1.50 bits per heavy atom. The number of esters is 2. The van der Waals surface area contributed by atoms with Gasteiger partial charge in [0.25, 0.3) is 0 Å². The summed E-state index contributed by atoms with van der Waals surface area (Å²) in [5.74, 6) is -1.16. The number of ether oxygens (including phenoxy) is 3. The SMILES string of the molecule is CCCOC(COC(=O)/C=C/C(=O)OCC)[Si](C)(C)O[Si](C)(C)C. The van der Waals surface area contributed by atoms with Crippen molar-refractivity contribution >= 4 is 28.6 Å². The first-order valence-corrected chi connectivity index (χ1v) is 14.7. The highest BCUT2D eigenvalue weighted by atomic mass is 28.4. The molecule has 0 saturated carbocycles. The van der Waals surface area contributed by atoms with E-state index in [4.69, 9.17) is 18.3 Å². The van der Waals surface area contributed by atoms with Gasteiger partial charge >= 0.3 is 11.9 Å². The van der Waals surface area contributed by atoms with Crippen LogP contribution in [0.1, 0.15) is 20.3 Å². The van der Waals surface area contributed by atoms with Crippen LogP contribution in [-0.2, 0) is 27.9 Å². The smallest absolute Gasteiger partial charge is 0.331 e. The van der Waals surface area contributed by atoms with Crippen molar-refractivity contribution in [1.29, 1.82) is 0 Å². The molecule has 0 saturated heterocycles. The molecule has 0 amide bonds. The van der Waals surface area contributed by atoms with Crippen molar-refractivity contribution in [3.05, 3.63) is 12.2 Å². The molecule has 0 N–H and O–H groups in total. The molecule has 0 aliphatic rings. The highest BCUT2D eigenvalue weighted by Gasteiger charge is 2.39. The molecule has 1 atom stereocenters. The molecule has 0 bridgehead atoms. The Bertz CT molecular complexity index is 429. The Morgan fingerprint density at radius 1 is 0.958 bits per heavy atom. The summed E-state index contributed by atoms with van der Waals surface area (Å²) in [4.78, 5) is 22.9. The van der Waals surface area contributed by atoms with E-state index in [2.05, 4.69) is 32.7 Å². The Kier molecular flexibility index (Phi) is 10.4. The van der Waals surface area contributed by atoms with Crippen LogP contribution in [0.5, 0.6) is 0 Å². The molecule has 24 heavy (non-hydrogen) atoms. The van der Waals surface area contributed by atoms with Crippen LogP contribution in [0.2, 0.25) is 32.7 Å². The molecule has 0 aromatic rings. The quantitative estimate of drug-likeness (QED) is 0.313. The Morgan fingerprint density at radius 3 is 1.96 bits per heavy atom. The zero-order valence-electron chi connectivity index (χ0n) is 16.0. The molecular weight excluding hydrogens is 344 g/mol. The summed E-state index contributed by atoms with van der Waals surface area (Å²) in [5.41, 5.74) is -0.246. The van der Waals surface area contributed by atoms with Gasteiger partial charge in [0.2, 0.25) is 8.32 Å². The molecule has 0 aromatic carbocycles. The average Bonchev–Trinajstić information content (AvgIpc) is 2.42. The second-order valence-corrected chi connectivity index (χ2v) is 15.8. The zero-order valence-corrected chi connectivity index (χ0v) is 18.0. The highest BCUT2D eigenvalue weighted by molar-refractivity contribution is 6.84. The van der Waals surface area contributed by atoms with Gasteiger partial charge in [-0.15, -0.1) is 0 Å². The van der Waals surface area contributed by atoms with Crippen LogP contribution in [-0.4, -0.2) is 54.1 Å². The number of hydrogen-bond donors (Lipinski definition) is 0. The van der Waals surface area contributed by atoms with Crippen LogP contribution >= 0.6 is 0 Å². The molecule has 0 spiro atoms. The first kappa shape index (κ1) is 23.0. The van der Waals surface area contributed by atoms with Crippen LogP contribution in [0.15, 0.2) is 12.2 Å². The summed E-state index contributed by atoms with van der Waals surface area (Å²) in [6, 6.07) is 0. The van der Waals surface area contributed by atoms with Gasteiger partial charge in [-0.1, -0.05) is 6.92 Å². The Hall–Kier alpha value is -0.966. The molecule has 0 aliphatic heterocycles. The van der Waals surface area contributed by atoms with Gasteiger partial charge < -0.3 is 18.3 Å². The lowest BCUT2D eigenvalue weighted by Gasteiger charge is -2.37. The largest absolute Gasteiger partial charge is 0.463 e. The lowest BCUT2D eigenvalue weighted by atomic mass is 10.5. The minimum Gasteiger partial charge on any atom is -0.463 e. The summed E-state index contributed by atoms with van der Waals surface area (Å²) in [6.07, 6.45) is 3.02. The summed E-state index contributed by atoms with van der Waals surface area (Å²) < 4.78 is 22.2. The molecule has 0 aliphatic carbocycles. The number of rotatable bonds is 11. The molecule has 1 unspecified atom stereocenters. The Balaban J connectivity index is 4.73. The van der Waals surface area contributed by atoms with Crippen molar-refractivity contribution < 1.29 is 27.9 Å². The van der Waals surface area contributed by atoms with Crippen molar-refractivity contribution in [2.45, 2.75) is 58.7 Å². The van der Waals surface area contributed by atoms with E-state index in [1.807, 2.05) is 6.92 Å². The van der Waals surface area contributed by atoms with E-state index in [1.54, 1.807) is 6.92 Å². The molecule has 0 aromatic heterocycles. The van der Waals surface area contributed by atoms with Crippen LogP contribution in [0.3, 0.4) is 0 Å². The van der Waals surface area contributed by atoms with Gasteiger partial charge in [-0.25, -0.2) is 9.59 Å². The second kappa shape index (κ2) is 10.8. The first-order chi connectivity index (χ1) is 11.0. The van der Waals surface area contributed by atoms with E-state index in [0.717, 1.165) is 18.6 Å². The van der Waals surface area contributed by atoms with E-state index >= 15 is 0 Å². The topological polar surface area (TPSA) is 71.1 Å². The third kappa shape index (κ3) is 10.7. The minimum atomic E-state index is -2.18. The van der Waals surface area contributed by atoms with Crippen molar-refractivity contribution in [2.75, 3.05) is 19.8 Å². The van der Waals surface area contributed by atoms with Crippen LogP contribution in [0, 0.1) is 0 Å². The first-order valence-electron chi connectivity index (χ1n) is 8.35. The average molecular weight is 377 g/mol. The lowest BCUT2D eigenvalue weighted by molar-refractivity contribution is -0.142. The molecule has 0 heterocycles. The monoisotopic (exact) mass is 376 g/mol. The second-order valence-electron chi connectivity index (χ2n) is 6.89. The van der Waals surface area contributed by atoms with Gasteiger partial charge in [-0.3, -0.25) is 0 Å². The van der Waals surface area contributed by atoms with E-state index in [9.17, 15) is 9.59 Å². The van der Waals surface area contributed by atoms with E-state index in [0.29, 0.717) is 6.61 Å². The molecule has 6 nitrogen and oxygen atoms in total. The molecule has 0 radical (unpaired) electrons. The lowest BCUT2D eigenvalue weighted by Crippen LogP contribution is -2.54. The molecule has 8 heteroatoms. The summed E-state index contributed by atoms with van der Waals surface area (Å²) in [5, 5.41) is 0. The standard InChI is InChI=1S/C16H32O6Si2/c1-8-12-20-16(24(6,7)22-23(3,4)5)13-21-15(18)11-10-14(17)19-9-2/h10-11,16H,8-9,12-13H2,1-7H3/b11-10+. The summed E-state index contributed by atoms with van der Waals surface area (Å²) >= 11 is 0. The molecule has 140 valence electrons. The maximum Gasteiger partial charge on any atom is 0.331 e. The van der Waals surface area contributed by atoms with Crippen molar-refractivity contribution in [3.63, 3.8) is 0 Å². The van der Waals surface area contributed by atoms with Crippen LogP contribution < -0.4 is 0 Å². The fraction of sp³-hybridized carbons (Fsp3) is 0.750. The number of carbonyl (C=O) groups is 2. The number of carbonyl (C=O) groups excluding carboxylic acids is 2. The van der Waals surface area contributed by atoms with Gasteiger partial charge in [0.15, 0.2) is 8.32 Å². The molecule has 0 fully saturated rings. The predicted molar refractivity (Wildman–Crippen MR) is 98.7 cm³/mol. The van der Waals surface area contributed by atoms with Crippen molar-refractivity contribution in [3.8, 4) is 0 Å².